The first kappa shape index (κ1) is 20.3. The summed E-state index contributed by atoms with van der Waals surface area (Å²) in [4.78, 5) is 0. The van der Waals surface area contributed by atoms with E-state index in [1.807, 2.05) is 0 Å². The standard InChI is InChI=1S/C28H36O/c1-17(2)14-23-15-19(4)24-13-12-18(3)25-27(24)26(23)20(5)21(6)28(25)29-16-22-10-8-7-9-11-22/h7-11,14,18-19,23-24H,12-13,15-16H2,1-6H3/t18-,19+,23?,24-/m0/s1. The molecule has 2 aromatic carbocycles. The van der Waals surface area contributed by atoms with Crippen LogP contribution in [0.15, 0.2) is 42.0 Å². The average molecular weight is 389 g/mol. The highest BCUT2D eigenvalue weighted by molar-refractivity contribution is 5.61. The number of benzene rings is 2. The fourth-order valence-electron chi connectivity index (χ4n) is 5.85. The van der Waals surface area contributed by atoms with Crippen LogP contribution in [0.25, 0.3) is 0 Å². The van der Waals surface area contributed by atoms with Crippen molar-refractivity contribution in [1.82, 2.24) is 0 Å². The maximum atomic E-state index is 6.58. The molecular weight excluding hydrogens is 352 g/mol. The largest absolute Gasteiger partial charge is 0.488 e. The molecule has 0 radical (unpaired) electrons. The van der Waals surface area contributed by atoms with Gasteiger partial charge in [-0.15, -0.1) is 0 Å². The topological polar surface area (TPSA) is 9.23 Å². The summed E-state index contributed by atoms with van der Waals surface area (Å²) in [5.41, 5.74) is 10.3. The SMILES string of the molecule is CC(C)=CC1C[C@@H](C)[C@@H]2CC[C@H](C)c3c(OCc4ccccc4)c(C)c(C)c1c32. The third kappa shape index (κ3) is 3.65. The molecule has 4 atom stereocenters. The first-order valence-electron chi connectivity index (χ1n) is 11.4. The zero-order valence-corrected chi connectivity index (χ0v) is 19.0. The van der Waals surface area contributed by atoms with Crippen molar-refractivity contribution in [3.8, 4) is 5.75 Å². The molecule has 154 valence electrons. The van der Waals surface area contributed by atoms with E-state index in [4.69, 9.17) is 4.74 Å². The highest BCUT2D eigenvalue weighted by Crippen LogP contribution is 2.56. The van der Waals surface area contributed by atoms with Crippen LogP contribution in [0.1, 0.15) is 98.1 Å². The minimum atomic E-state index is 0.548. The van der Waals surface area contributed by atoms with Crippen LogP contribution in [0.3, 0.4) is 0 Å². The van der Waals surface area contributed by atoms with Gasteiger partial charge >= 0.3 is 0 Å². The lowest BCUT2D eigenvalue weighted by atomic mass is 9.61. The second-order valence-corrected chi connectivity index (χ2v) is 9.74. The van der Waals surface area contributed by atoms with Gasteiger partial charge in [-0.3, -0.25) is 0 Å². The zero-order chi connectivity index (χ0) is 20.7. The van der Waals surface area contributed by atoms with E-state index in [2.05, 4.69) is 78.0 Å². The van der Waals surface area contributed by atoms with Crippen LogP contribution in [-0.2, 0) is 6.61 Å². The Balaban J connectivity index is 1.87. The molecule has 0 fully saturated rings. The Morgan fingerprint density at radius 1 is 0.966 bits per heavy atom. The van der Waals surface area contributed by atoms with E-state index < -0.39 is 0 Å². The minimum absolute atomic E-state index is 0.548. The van der Waals surface area contributed by atoms with Gasteiger partial charge in [0.2, 0.25) is 0 Å². The highest BCUT2D eigenvalue weighted by atomic mass is 16.5. The second-order valence-electron chi connectivity index (χ2n) is 9.74. The lowest BCUT2D eigenvalue weighted by Crippen LogP contribution is -2.29. The van der Waals surface area contributed by atoms with E-state index in [0.717, 1.165) is 5.92 Å². The van der Waals surface area contributed by atoms with E-state index in [-0.39, 0.29) is 0 Å². The van der Waals surface area contributed by atoms with E-state index in [1.165, 1.54) is 52.8 Å². The van der Waals surface area contributed by atoms with Gasteiger partial charge in [-0.1, -0.05) is 55.8 Å². The van der Waals surface area contributed by atoms with Crippen molar-refractivity contribution in [3.63, 3.8) is 0 Å². The van der Waals surface area contributed by atoms with Crippen LogP contribution in [-0.4, -0.2) is 0 Å². The Morgan fingerprint density at radius 2 is 1.69 bits per heavy atom. The van der Waals surface area contributed by atoms with Crippen LogP contribution >= 0.6 is 0 Å². The van der Waals surface area contributed by atoms with Crippen LogP contribution in [0.5, 0.6) is 5.75 Å². The first-order chi connectivity index (χ1) is 13.9. The molecule has 0 N–H and O–H groups in total. The molecule has 0 aromatic heterocycles. The summed E-state index contributed by atoms with van der Waals surface area (Å²) < 4.78 is 6.58. The van der Waals surface area contributed by atoms with Crippen LogP contribution in [0.4, 0.5) is 0 Å². The molecule has 1 unspecified atom stereocenters. The van der Waals surface area contributed by atoms with Crippen molar-refractivity contribution in [3.05, 3.63) is 75.4 Å². The van der Waals surface area contributed by atoms with Gasteiger partial charge in [-0.05, 0) is 92.5 Å². The highest BCUT2D eigenvalue weighted by Gasteiger charge is 2.40. The van der Waals surface area contributed by atoms with Crippen molar-refractivity contribution in [2.75, 3.05) is 0 Å². The maximum absolute atomic E-state index is 6.58. The fourth-order valence-corrected chi connectivity index (χ4v) is 5.85. The summed E-state index contributed by atoms with van der Waals surface area (Å²) in [5.74, 6) is 3.72. The molecule has 0 aliphatic heterocycles. The number of hydrogen-bond donors (Lipinski definition) is 0. The monoisotopic (exact) mass is 388 g/mol. The molecule has 4 rings (SSSR count). The predicted molar refractivity (Wildman–Crippen MR) is 123 cm³/mol. The molecule has 0 spiro atoms. The normalized spacial score (nSPS) is 25.3. The molecule has 2 aromatic rings. The van der Waals surface area contributed by atoms with Gasteiger partial charge in [0.25, 0.3) is 0 Å². The van der Waals surface area contributed by atoms with Gasteiger partial charge in [0.15, 0.2) is 0 Å². The third-order valence-electron chi connectivity index (χ3n) is 7.35. The Labute approximate surface area is 177 Å². The summed E-state index contributed by atoms with van der Waals surface area (Å²) in [6, 6.07) is 10.6. The third-order valence-corrected chi connectivity index (χ3v) is 7.35. The van der Waals surface area contributed by atoms with Gasteiger partial charge in [0, 0.05) is 11.5 Å². The van der Waals surface area contributed by atoms with Crippen molar-refractivity contribution in [1.29, 1.82) is 0 Å². The van der Waals surface area contributed by atoms with Crippen molar-refractivity contribution in [2.24, 2.45) is 5.92 Å². The zero-order valence-electron chi connectivity index (χ0n) is 19.0. The summed E-state index contributed by atoms with van der Waals surface area (Å²) in [5, 5.41) is 0. The van der Waals surface area contributed by atoms with Crippen molar-refractivity contribution >= 4 is 0 Å². The Hall–Kier alpha value is -2.02. The molecule has 0 bridgehead atoms. The molecule has 1 nitrogen and oxygen atoms in total. The summed E-state index contributed by atoms with van der Waals surface area (Å²) in [6.45, 7) is 14.6. The smallest absolute Gasteiger partial charge is 0.126 e. The molecule has 0 saturated heterocycles. The summed E-state index contributed by atoms with van der Waals surface area (Å²) in [6.07, 6.45) is 6.39. The fraction of sp³-hybridized carbons (Fsp3) is 0.500. The summed E-state index contributed by atoms with van der Waals surface area (Å²) in [7, 11) is 0. The first-order valence-corrected chi connectivity index (χ1v) is 11.4. The van der Waals surface area contributed by atoms with E-state index in [1.54, 1.807) is 11.1 Å². The van der Waals surface area contributed by atoms with Gasteiger partial charge in [-0.25, -0.2) is 0 Å². The second kappa shape index (κ2) is 8.01. The van der Waals surface area contributed by atoms with E-state index in [0.29, 0.717) is 24.4 Å². The van der Waals surface area contributed by atoms with Crippen molar-refractivity contribution in [2.45, 2.75) is 85.2 Å². The molecular formula is C28H36O. The number of ether oxygens (including phenoxy) is 1. The molecule has 1 heteroatoms. The molecule has 29 heavy (non-hydrogen) atoms. The Kier molecular flexibility index (Phi) is 5.60. The Bertz CT molecular complexity index is 917. The molecule has 2 aliphatic carbocycles. The maximum Gasteiger partial charge on any atom is 0.126 e. The lowest BCUT2D eigenvalue weighted by molar-refractivity contribution is 0.284. The van der Waals surface area contributed by atoms with Crippen LogP contribution in [0, 0.1) is 19.8 Å². The number of allylic oxidation sites excluding steroid dienone is 2. The Morgan fingerprint density at radius 3 is 2.38 bits per heavy atom. The lowest BCUT2D eigenvalue weighted by Gasteiger charge is -2.44. The predicted octanol–water partition coefficient (Wildman–Crippen LogP) is 7.95. The van der Waals surface area contributed by atoms with E-state index >= 15 is 0 Å². The van der Waals surface area contributed by atoms with Crippen LogP contribution < -0.4 is 4.74 Å². The number of rotatable bonds is 4. The van der Waals surface area contributed by atoms with Crippen LogP contribution in [0.2, 0.25) is 0 Å². The van der Waals surface area contributed by atoms with Gasteiger partial charge < -0.3 is 4.74 Å². The van der Waals surface area contributed by atoms with Crippen molar-refractivity contribution < 1.29 is 4.74 Å². The average Bonchev–Trinajstić information content (AvgIpc) is 2.68. The van der Waals surface area contributed by atoms with E-state index in [9.17, 15) is 0 Å². The summed E-state index contributed by atoms with van der Waals surface area (Å²) >= 11 is 0. The van der Waals surface area contributed by atoms with Gasteiger partial charge in [0.1, 0.15) is 12.4 Å². The van der Waals surface area contributed by atoms with Gasteiger partial charge in [-0.2, -0.15) is 0 Å². The van der Waals surface area contributed by atoms with Gasteiger partial charge in [0.05, 0.1) is 0 Å². The minimum Gasteiger partial charge on any atom is -0.488 e. The molecule has 0 saturated carbocycles. The number of hydrogen-bond acceptors (Lipinski definition) is 1. The molecule has 0 amide bonds. The molecule has 2 aliphatic rings. The quantitative estimate of drug-likeness (QED) is 0.483. The molecule has 0 heterocycles.